The van der Waals surface area contributed by atoms with Crippen LogP contribution in [-0.4, -0.2) is 43.6 Å². The van der Waals surface area contributed by atoms with Crippen LogP contribution in [0.25, 0.3) is 0 Å². The number of nitrogens with zero attached hydrogens (tertiary/aromatic N) is 1. The zero-order valence-electron chi connectivity index (χ0n) is 17.4. The van der Waals surface area contributed by atoms with Crippen molar-refractivity contribution < 1.29 is 18.7 Å². The second-order valence-electron chi connectivity index (χ2n) is 7.60. The summed E-state index contributed by atoms with van der Waals surface area (Å²) in [5, 5.41) is 5.71. The number of rotatable bonds is 6. The van der Waals surface area contributed by atoms with E-state index < -0.39 is 0 Å². The minimum absolute atomic E-state index is 0.0974. The van der Waals surface area contributed by atoms with Gasteiger partial charge in [0.15, 0.2) is 0 Å². The summed E-state index contributed by atoms with van der Waals surface area (Å²) >= 11 is 0. The number of carbonyl (C=O) groups is 2. The Bertz CT molecular complexity index is 878. The van der Waals surface area contributed by atoms with E-state index in [1.54, 1.807) is 55.3 Å². The van der Waals surface area contributed by atoms with Crippen molar-refractivity contribution in [2.24, 2.45) is 5.92 Å². The number of urea groups is 1. The van der Waals surface area contributed by atoms with Crippen LogP contribution in [0.5, 0.6) is 5.75 Å². The van der Waals surface area contributed by atoms with Crippen LogP contribution in [0.1, 0.15) is 35.2 Å². The summed E-state index contributed by atoms with van der Waals surface area (Å²) < 4.78 is 18.7. The first-order chi connectivity index (χ1) is 14.5. The van der Waals surface area contributed by atoms with E-state index in [1.807, 2.05) is 0 Å². The minimum atomic E-state index is -0.330. The number of anilines is 1. The van der Waals surface area contributed by atoms with Crippen molar-refractivity contribution in [2.45, 2.75) is 26.2 Å². The Morgan fingerprint density at radius 1 is 1.13 bits per heavy atom. The smallest absolute Gasteiger partial charge is 0.321 e. The SMILES string of the molecule is COc1ccc(C(=O)NCCC2CCN(C(=O)Nc3ccc(C)c(F)c3)CC2)cc1. The van der Waals surface area contributed by atoms with Crippen LogP contribution < -0.4 is 15.4 Å². The number of piperidine rings is 1. The number of halogens is 1. The fourth-order valence-electron chi connectivity index (χ4n) is 3.53. The van der Waals surface area contributed by atoms with Gasteiger partial charge in [0.05, 0.1) is 7.11 Å². The van der Waals surface area contributed by atoms with Gasteiger partial charge in [-0.05, 0) is 74.1 Å². The molecular formula is C23H28FN3O3. The molecule has 6 nitrogen and oxygen atoms in total. The van der Waals surface area contributed by atoms with Gasteiger partial charge in [0, 0.05) is 30.9 Å². The highest BCUT2D eigenvalue weighted by Crippen LogP contribution is 2.21. The lowest BCUT2D eigenvalue weighted by Gasteiger charge is -2.32. The predicted octanol–water partition coefficient (Wildman–Crippen LogP) is 4.21. The summed E-state index contributed by atoms with van der Waals surface area (Å²) in [6.07, 6.45) is 2.64. The third-order valence-electron chi connectivity index (χ3n) is 5.52. The van der Waals surface area contributed by atoms with Gasteiger partial charge in [-0.1, -0.05) is 6.07 Å². The average Bonchev–Trinajstić information content (AvgIpc) is 2.76. The number of ether oxygens (including phenoxy) is 1. The molecule has 3 rings (SSSR count). The van der Waals surface area contributed by atoms with Crippen LogP contribution in [0.15, 0.2) is 42.5 Å². The first-order valence-corrected chi connectivity index (χ1v) is 10.2. The van der Waals surface area contributed by atoms with E-state index in [9.17, 15) is 14.0 Å². The molecule has 0 saturated carbocycles. The minimum Gasteiger partial charge on any atom is -0.497 e. The molecule has 1 aliphatic heterocycles. The lowest BCUT2D eigenvalue weighted by Crippen LogP contribution is -2.41. The van der Waals surface area contributed by atoms with Gasteiger partial charge in [0.2, 0.25) is 0 Å². The highest BCUT2D eigenvalue weighted by molar-refractivity contribution is 5.94. The number of aryl methyl sites for hydroxylation is 1. The number of likely N-dealkylation sites (tertiary alicyclic amines) is 1. The van der Waals surface area contributed by atoms with Crippen molar-refractivity contribution in [3.63, 3.8) is 0 Å². The van der Waals surface area contributed by atoms with Crippen molar-refractivity contribution in [1.82, 2.24) is 10.2 Å². The molecule has 3 amide bonds. The molecule has 30 heavy (non-hydrogen) atoms. The molecule has 2 aromatic carbocycles. The number of hydrogen-bond donors (Lipinski definition) is 2. The molecular weight excluding hydrogens is 385 g/mol. The van der Waals surface area contributed by atoms with Crippen LogP contribution in [0, 0.1) is 18.7 Å². The summed E-state index contributed by atoms with van der Waals surface area (Å²) in [6, 6.07) is 11.5. The quantitative estimate of drug-likeness (QED) is 0.745. The summed E-state index contributed by atoms with van der Waals surface area (Å²) in [4.78, 5) is 26.4. The molecule has 1 aliphatic rings. The van der Waals surface area contributed by atoms with Crippen molar-refractivity contribution in [3.8, 4) is 5.75 Å². The van der Waals surface area contributed by atoms with Crippen LogP contribution in [0.2, 0.25) is 0 Å². The van der Waals surface area contributed by atoms with E-state index in [2.05, 4.69) is 10.6 Å². The largest absolute Gasteiger partial charge is 0.497 e. The van der Waals surface area contributed by atoms with Gasteiger partial charge in [-0.15, -0.1) is 0 Å². The van der Waals surface area contributed by atoms with Gasteiger partial charge in [0.1, 0.15) is 11.6 Å². The Morgan fingerprint density at radius 3 is 2.47 bits per heavy atom. The molecule has 160 valence electrons. The molecule has 1 saturated heterocycles. The van der Waals surface area contributed by atoms with Crippen LogP contribution >= 0.6 is 0 Å². The molecule has 0 aliphatic carbocycles. The number of hydrogen-bond acceptors (Lipinski definition) is 3. The standard InChI is InChI=1S/C23H28FN3O3/c1-16-3-6-19(15-21(16)24)26-23(29)27-13-10-17(11-14-27)9-12-25-22(28)18-4-7-20(30-2)8-5-18/h3-8,15,17H,9-14H2,1-2H3,(H,25,28)(H,26,29). The topological polar surface area (TPSA) is 70.7 Å². The maximum Gasteiger partial charge on any atom is 0.321 e. The first kappa shape index (κ1) is 21.6. The molecule has 1 fully saturated rings. The van der Waals surface area contributed by atoms with E-state index >= 15 is 0 Å². The summed E-state index contributed by atoms with van der Waals surface area (Å²) in [5.74, 6) is 0.750. The normalized spacial score (nSPS) is 14.3. The highest BCUT2D eigenvalue weighted by Gasteiger charge is 2.23. The lowest BCUT2D eigenvalue weighted by molar-refractivity contribution is 0.0949. The summed E-state index contributed by atoms with van der Waals surface area (Å²) in [6.45, 7) is 3.59. The van der Waals surface area contributed by atoms with Gasteiger partial charge in [-0.25, -0.2) is 9.18 Å². The molecule has 0 bridgehead atoms. The van der Waals surface area contributed by atoms with Crippen molar-refractivity contribution in [3.05, 3.63) is 59.4 Å². The van der Waals surface area contributed by atoms with Gasteiger partial charge < -0.3 is 20.3 Å². The third kappa shape index (κ3) is 5.72. The van der Waals surface area contributed by atoms with Crippen molar-refractivity contribution >= 4 is 17.6 Å². The Hall–Kier alpha value is -3.09. The Morgan fingerprint density at radius 2 is 1.83 bits per heavy atom. The molecule has 0 radical (unpaired) electrons. The van der Waals surface area contributed by atoms with E-state index in [0.717, 1.165) is 25.0 Å². The fraction of sp³-hybridized carbons (Fsp3) is 0.391. The number of nitrogens with one attached hydrogen (secondary N) is 2. The van der Waals surface area contributed by atoms with Crippen LogP contribution in [-0.2, 0) is 0 Å². The second-order valence-corrected chi connectivity index (χ2v) is 7.60. The summed E-state index contributed by atoms with van der Waals surface area (Å²) in [5.41, 5.74) is 1.62. The summed E-state index contributed by atoms with van der Waals surface area (Å²) in [7, 11) is 1.59. The van der Waals surface area contributed by atoms with Crippen LogP contribution in [0.3, 0.4) is 0 Å². The molecule has 0 atom stereocenters. The monoisotopic (exact) mass is 413 g/mol. The number of amides is 3. The number of carbonyl (C=O) groups excluding carboxylic acids is 2. The van der Waals surface area contributed by atoms with Gasteiger partial charge in [-0.2, -0.15) is 0 Å². The maximum atomic E-state index is 13.6. The van der Waals surface area contributed by atoms with Gasteiger partial charge in [0.25, 0.3) is 5.91 Å². The predicted molar refractivity (Wildman–Crippen MR) is 114 cm³/mol. The van der Waals surface area contributed by atoms with E-state index in [1.165, 1.54) is 6.07 Å². The fourth-order valence-corrected chi connectivity index (χ4v) is 3.53. The number of methoxy groups -OCH3 is 1. The Labute approximate surface area is 176 Å². The molecule has 0 spiro atoms. The Balaban J connectivity index is 1.38. The van der Waals surface area contributed by atoms with Crippen molar-refractivity contribution in [1.29, 1.82) is 0 Å². The van der Waals surface area contributed by atoms with E-state index in [-0.39, 0.29) is 17.8 Å². The van der Waals surface area contributed by atoms with Gasteiger partial charge >= 0.3 is 6.03 Å². The van der Waals surface area contributed by atoms with Crippen molar-refractivity contribution in [2.75, 3.05) is 32.1 Å². The van der Waals surface area contributed by atoms with Gasteiger partial charge in [-0.3, -0.25) is 4.79 Å². The first-order valence-electron chi connectivity index (χ1n) is 10.2. The van der Waals surface area contributed by atoms with E-state index in [0.29, 0.717) is 42.4 Å². The molecule has 2 N–H and O–H groups in total. The molecule has 0 unspecified atom stereocenters. The number of benzene rings is 2. The van der Waals surface area contributed by atoms with Crippen LogP contribution in [0.4, 0.5) is 14.9 Å². The average molecular weight is 413 g/mol. The highest BCUT2D eigenvalue weighted by atomic mass is 19.1. The Kier molecular flexibility index (Phi) is 7.27. The van der Waals surface area contributed by atoms with E-state index in [4.69, 9.17) is 4.74 Å². The maximum absolute atomic E-state index is 13.6. The molecule has 7 heteroatoms. The molecule has 1 heterocycles. The molecule has 0 aromatic heterocycles. The zero-order chi connectivity index (χ0) is 21.5. The lowest BCUT2D eigenvalue weighted by atomic mass is 9.93. The third-order valence-corrected chi connectivity index (χ3v) is 5.52. The molecule has 2 aromatic rings. The zero-order valence-corrected chi connectivity index (χ0v) is 17.4. The second kappa shape index (κ2) is 10.1.